The average molecular weight is 320 g/mol. The highest BCUT2D eigenvalue weighted by atomic mass is 16.2. The summed E-state index contributed by atoms with van der Waals surface area (Å²) in [6.07, 6.45) is 4.15. The van der Waals surface area contributed by atoms with Crippen molar-refractivity contribution in [3.8, 4) is 11.4 Å². The fourth-order valence-corrected chi connectivity index (χ4v) is 2.51. The van der Waals surface area contributed by atoms with Gasteiger partial charge in [0, 0.05) is 11.8 Å². The SMILES string of the molecule is O=C(Cn1nnc(-c2ccccc2)n1)Nc1cc(C2CC2)ccn1. The van der Waals surface area contributed by atoms with Crippen molar-refractivity contribution in [2.45, 2.75) is 25.3 Å². The molecule has 0 spiro atoms. The summed E-state index contributed by atoms with van der Waals surface area (Å²) in [4.78, 5) is 17.6. The number of tetrazole rings is 1. The van der Waals surface area contributed by atoms with Gasteiger partial charge in [0.05, 0.1) is 0 Å². The average Bonchev–Trinajstić information content (AvgIpc) is 3.36. The highest BCUT2D eigenvalue weighted by Crippen LogP contribution is 2.40. The second-order valence-electron chi connectivity index (χ2n) is 5.81. The Morgan fingerprint density at radius 1 is 1.21 bits per heavy atom. The van der Waals surface area contributed by atoms with Gasteiger partial charge in [-0.2, -0.15) is 4.80 Å². The first-order chi connectivity index (χ1) is 11.8. The van der Waals surface area contributed by atoms with E-state index in [4.69, 9.17) is 0 Å². The van der Waals surface area contributed by atoms with Crippen LogP contribution in [0, 0.1) is 0 Å². The summed E-state index contributed by atoms with van der Waals surface area (Å²) in [7, 11) is 0. The topological polar surface area (TPSA) is 85.6 Å². The van der Waals surface area contributed by atoms with E-state index in [0.29, 0.717) is 17.6 Å². The second-order valence-corrected chi connectivity index (χ2v) is 5.81. The molecule has 0 radical (unpaired) electrons. The molecule has 1 saturated carbocycles. The Morgan fingerprint density at radius 2 is 2.04 bits per heavy atom. The van der Waals surface area contributed by atoms with Gasteiger partial charge in [-0.05, 0) is 41.7 Å². The van der Waals surface area contributed by atoms with Crippen LogP contribution in [0.4, 0.5) is 5.82 Å². The Morgan fingerprint density at radius 3 is 2.83 bits per heavy atom. The summed E-state index contributed by atoms with van der Waals surface area (Å²) in [5, 5.41) is 14.9. The second kappa shape index (κ2) is 6.19. The van der Waals surface area contributed by atoms with Gasteiger partial charge in [0.15, 0.2) is 0 Å². The molecule has 120 valence electrons. The molecule has 2 aromatic heterocycles. The minimum Gasteiger partial charge on any atom is -0.309 e. The van der Waals surface area contributed by atoms with Gasteiger partial charge < -0.3 is 5.32 Å². The molecule has 0 saturated heterocycles. The van der Waals surface area contributed by atoms with Crippen molar-refractivity contribution in [3.05, 3.63) is 54.2 Å². The first kappa shape index (κ1) is 14.5. The molecule has 2 heterocycles. The number of amides is 1. The van der Waals surface area contributed by atoms with E-state index in [9.17, 15) is 4.79 Å². The maximum atomic E-state index is 12.1. The lowest BCUT2D eigenvalue weighted by molar-refractivity contribution is -0.117. The number of carbonyl (C=O) groups excluding carboxylic acids is 1. The third-order valence-corrected chi connectivity index (χ3v) is 3.87. The van der Waals surface area contributed by atoms with Crippen LogP contribution in [0.15, 0.2) is 48.7 Å². The van der Waals surface area contributed by atoms with Gasteiger partial charge in [-0.25, -0.2) is 4.98 Å². The van der Waals surface area contributed by atoms with Crippen LogP contribution in [-0.2, 0) is 11.3 Å². The number of benzene rings is 1. The largest absolute Gasteiger partial charge is 0.309 e. The number of rotatable bonds is 5. The summed E-state index contributed by atoms with van der Waals surface area (Å²) >= 11 is 0. The highest BCUT2D eigenvalue weighted by Gasteiger charge is 2.23. The van der Waals surface area contributed by atoms with E-state index >= 15 is 0 Å². The van der Waals surface area contributed by atoms with Crippen LogP contribution in [0.25, 0.3) is 11.4 Å². The molecule has 0 aliphatic heterocycles. The van der Waals surface area contributed by atoms with E-state index in [1.807, 2.05) is 42.5 Å². The summed E-state index contributed by atoms with van der Waals surface area (Å²) < 4.78 is 0. The predicted molar refractivity (Wildman–Crippen MR) is 88.1 cm³/mol. The molecule has 1 fully saturated rings. The first-order valence-corrected chi connectivity index (χ1v) is 7.87. The number of pyridine rings is 1. The molecule has 7 heteroatoms. The Balaban J connectivity index is 1.41. The predicted octanol–water partition coefficient (Wildman–Crippen LogP) is 2.25. The number of hydrogen-bond donors (Lipinski definition) is 1. The van der Waals surface area contributed by atoms with Crippen LogP contribution >= 0.6 is 0 Å². The van der Waals surface area contributed by atoms with Gasteiger partial charge in [0.1, 0.15) is 12.4 Å². The maximum Gasteiger partial charge on any atom is 0.249 e. The zero-order valence-electron chi connectivity index (χ0n) is 13.0. The molecule has 4 rings (SSSR count). The van der Waals surface area contributed by atoms with E-state index < -0.39 is 0 Å². The minimum atomic E-state index is -0.229. The van der Waals surface area contributed by atoms with Crippen molar-refractivity contribution in [2.75, 3.05) is 5.32 Å². The van der Waals surface area contributed by atoms with E-state index in [0.717, 1.165) is 5.56 Å². The van der Waals surface area contributed by atoms with Crippen molar-refractivity contribution in [1.29, 1.82) is 0 Å². The molecular formula is C17H16N6O. The third-order valence-electron chi connectivity index (χ3n) is 3.87. The molecule has 7 nitrogen and oxygen atoms in total. The normalized spacial score (nSPS) is 13.7. The van der Waals surface area contributed by atoms with E-state index in [1.54, 1.807) is 6.20 Å². The molecule has 1 N–H and O–H groups in total. The number of hydrogen-bond acceptors (Lipinski definition) is 5. The van der Waals surface area contributed by atoms with Gasteiger partial charge in [-0.1, -0.05) is 30.3 Å². The van der Waals surface area contributed by atoms with E-state index in [-0.39, 0.29) is 12.5 Å². The van der Waals surface area contributed by atoms with Crippen LogP contribution in [0.2, 0.25) is 0 Å². The molecule has 0 bridgehead atoms. The first-order valence-electron chi connectivity index (χ1n) is 7.87. The summed E-state index contributed by atoms with van der Waals surface area (Å²) in [5.74, 6) is 1.45. The van der Waals surface area contributed by atoms with Gasteiger partial charge in [0.2, 0.25) is 11.7 Å². The molecular weight excluding hydrogens is 304 g/mol. The van der Waals surface area contributed by atoms with Crippen molar-refractivity contribution < 1.29 is 4.79 Å². The molecule has 0 atom stereocenters. The van der Waals surface area contributed by atoms with Gasteiger partial charge in [0.25, 0.3) is 0 Å². The van der Waals surface area contributed by atoms with Crippen molar-refractivity contribution in [2.24, 2.45) is 0 Å². The Hall–Kier alpha value is -3.09. The lowest BCUT2D eigenvalue weighted by Crippen LogP contribution is -2.21. The van der Waals surface area contributed by atoms with Crippen LogP contribution < -0.4 is 5.32 Å². The van der Waals surface area contributed by atoms with Crippen molar-refractivity contribution in [3.63, 3.8) is 0 Å². The monoisotopic (exact) mass is 320 g/mol. The van der Waals surface area contributed by atoms with Gasteiger partial charge >= 0.3 is 0 Å². The number of carbonyl (C=O) groups is 1. The third kappa shape index (κ3) is 3.29. The van der Waals surface area contributed by atoms with E-state index in [1.165, 1.54) is 23.2 Å². The fourth-order valence-electron chi connectivity index (χ4n) is 2.51. The maximum absolute atomic E-state index is 12.1. The molecule has 1 amide bonds. The quantitative estimate of drug-likeness (QED) is 0.779. The van der Waals surface area contributed by atoms with Crippen molar-refractivity contribution in [1.82, 2.24) is 25.2 Å². The number of nitrogens with zero attached hydrogens (tertiary/aromatic N) is 5. The molecule has 1 aliphatic carbocycles. The Bertz CT molecular complexity index is 856. The molecule has 0 unspecified atom stereocenters. The molecule has 3 aromatic rings. The van der Waals surface area contributed by atoms with E-state index in [2.05, 4.69) is 25.7 Å². The number of anilines is 1. The van der Waals surface area contributed by atoms with Crippen molar-refractivity contribution >= 4 is 11.7 Å². The molecule has 24 heavy (non-hydrogen) atoms. The highest BCUT2D eigenvalue weighted by molar-refractivity contribution is 5.89. The lowest BCUT2D eigenvalue weighted by atomic mass is 10.2. The Kier molecular flexibility index (Phi) is 3.74. The number of aromatic nitrogens is 5. The summed E-state index contributed by atoms with van der Waals surface area (Å²) in [5.41, 5.74) is 2.09. The fraction of sp³-hybridized carbons (Fsp3) is 0.235. The minimum absolute atomic E-state index is 0.00479. The summed E-state index contributed by atoms with van der Waals surface area (Å²) in [6.45, 7) is -0.00479. The molecule has 1 aromatic carbocycles. The standard InChI is InChI=1S/C17H16N6O/c24-16(19-15-10-14(8-9-18-15)12-6-7-12)11-23-21-17(20-22-23)13-4-2-1-3-5-13/h1-5,8-10,12H,6-7,11H2,(H,18,19,24). The van der Waals surface area contributed by atoms with Gasteiger partial charge in [-0.15, -0.1) is 10.2 Å². The number of nitrogens with one attached hydrogen (secondary N) is 1. The summed E-state index contributed by atoms with van der Waals surface area (Å²) in [6, 6.07) is 13.5. The van der Waals surface area contributed by atoms with Crippen LogP contribution in [-0.4, -0.2) is 31.1 Å². The van der Waals surface area contributed by atoms with Crippen LogP contribution in [0.5, 0.6) is 0 Å². The Labute approximate surface area is 138 Å². The molecule has 1 aliphatic rings. The van der Waals surface area contributed by atoms with Gasteiger partial charge in [-0.3, -0.25) is 4.79 Å². The smallest absolute Gasteiger partial charge is 0.249 e. The van der Waals surface area contributed by atoms with Crippen LogP contribution in [0.3, 0.4) is 0 Å². The van der Waals surface area contributed by atoms with Crippen LogP contribution in [0.1, 0.15) is 24.3 Å². The zero-order chi connectivity index (χ0) is 16.4. The lowest BCUT2D eigenvalue weighted by Gasteiger charge is -2.05. The zero-order valence-corrected chi connectivity index (χ0v) is 13.0.